The Bertz CT molecular complexity index is 1160. The molecule has 0 bridgehead atoms. The molecule has 1 fully saturated rings. The molecule has 0 spiro atoms. The number of hydrogen-bond acceptors (Lipinski definition) is 5. The van der Waals surface area contributed by atoms with Crippen molar-refractivity contribution < 1.29 is 18.7 Å². The Balaban J connectivity index is 2.05. The highest BCUT2D eigenvalue weighted by molar-refractivity contribution is 9.10. The predicted octanol–water partition coefficient (Wildman–Crippen LogP) is 2.96. The second-order valence-electron chi connectivity index (χ2n) is 7.79. The standard InChI is InChI=1S/C20H19BrFN3O4/c1-9(26)25-19(28)16-14(10-5-6-12(22)11(21)7-10)15-13(23-18(16)24(25)4)8-29-20(2,3)17(15)27/h5-7,14-15H,8H2,1-4H3. The molecule has 2 atom stereocenters. The third kappa shape index (κ3) is 2.86. The fraction of sp³-hybridized carbons (Fsp3) is 0.400. The number of Topliss-reactive ketones (excluding diaryl/α,β-unsaturated/α-hetero) is 1. The van der Waals surface area contributed by atoms with E-state index in [0.29, 0.717) is 17.1 Å². The molecule has 29 heavy (non-hydrogen) atoms. The van der Waals surface area contributed by atoms with Crippen LogP contribution in [-0.2, 0) is 16.6 Å². The van der Waals surface area contributed by atoms with Crippen LogP contribution < -0.4 is 5.56 Å². The molecule has 1 aromatic heterocycles. The van der Waals surface area contributed by atoms with Crippen LogP contribution in [0, 0.1) is 11.7 Å². The first-order chi connectivity index (χ1) is 13.5. The smallest absolute Gasteiger partial charge is 0.280 e. The summed E-state index contributed by atoms with van der Waals surface area (Å²) in [7, 11) is 1.57. The van der Waals surface area contributed by atoms with Crippen molar-refractivity contribution in [3.63, 3.8) is 0 Å². The van der Waals surface area contributed by atoms with Crippen LogP contribution in [0.1, 0.15) is 42.6 Å². The van der Waals surface area contributed by atoms with Crippen LogP contribution in [0.2, 0.25) is 0 Å². The summed E-state index contributed by atoms with van der Waals surface area (Å²) < 4.78 is 22.2. The molecule has 2 aliphatic heterocycles. The van der Waals surface area contributed by atoms with Gasteiger partial charge in [-0.05, 0) is 47.5 Å². The molecule has 0 saturated carbocycles. The second-order valence-corrected chi connectivity index (χ2v) is 8.65. The number of carbonyl (C=O) groups is 2. The van der Waals surface area contributed by atoms with E-state index in [-0.39, 0.29) is 22.4 Å². The normalized spacial score (nSPS) is 22.7. The SMILES string of the molecule is CC(=O)n1c(=O)c2c(n1C)N=C1COC(C)(C)C(=O)C1C2c1ccc(F)c(Br)c1. The van der Waals surface area contributed by atoms with Gasteiger partial charge in [0.05, 0.1) is 28.3 Å². The summed E-state index contributed by atoms with van der Waals surface area (Å²) in [6, 6.07) is 4.40. The number of halogens is 2. The Kier molecular flexibility index (Phi) is 4.51. The Hall–Kier alpha value is -2.39. The second kappa shape index (κ2) is 6.56. The van der Waals surface area contributed by atoms with Crippen molar-refractivity contribution in [2.45, 2.75) is 32.3 Å². The lowest BCUT2D eigenvalue weighted by atomic mass is 9.70. The van der Waals surface area contributed by atoms with E-state index >= 15 is 0 Å². The highest BCUT2D eigenvalue weighted by Crippen LogP contribution is 2.45. The molecule has 1 aromatic carbocycles. The van der Waals surface area contributed by atoms with Crippen molar-refractivity contribution in [3.05, 3.63) is 50.0 Å². The van der Waals surface area contributed by atoms with Crippen LogP contribution in [0.25, 0.3) is 0 Å². The van der Waals surface area contributed by atoms with E-state index < -0.39 is 34.7 Å². The van der Waals surface area contributed by atoms with E-state index in [1.807, 2.05) is 0 Å². The summed E-state index contributed by atoms with van der Waals surface area (Å²) in [5.41, 5.74) is -0.253. The Morgan fingerprint density at radius 1 is 1.31 bits per heavy atom. The lowest BCUT2D eigenvalue weighted by molar-refractivity contribution is -0.144. The predicted molar refractivity (Wildman–Crippen MR) is 108 cm³/mol. The van der Waals surface area contributed by atoms with Gasteiger partial charge < -0.3 is 4.74 Å². The summed E-state index contributed by atoms with van der Waals surface area (Å²) in [4.78, 5) is 43.1. The first kappa shape index (κ1) is 19.9. The van der Waals surface area contributed by atoms with Crippen molar-refractivity contribution in [1.29, 1.82) is 0 Å². The van der Waals surface area contributed by atoms with Gasteiger partial charge in [0, 0.05) is 19.9 Å². The van der Waals surface area contributed by atoms with Gasteiger partial charge in [-0.1, -0.05) is 6.07 Å². The van der Waals surface area contributed by atoms with Crippen LogP contribution in [0.4, 0.5) is 10.2 Å². The molecule has 2 aromatic rings. The lowest BCUT2D eigenvalue weighted by Crippen LogP contribution is -2.53. The van der Waals surface area contributed by atoms with E-state index in [9.17, 15) is 18.8 Å². The molecular weight excluding hydrogens is 445 g/mol. The molecule has 4 rings (SSSR count). The maximum atomic E-state index is 13.9. The van der Waals surface area contributed by atoms with Crippen molar-refractivity contribution in [3.8, 4) is 0 Å². The van der Waals surface area contributed by atoms with Crippen LogP contribution in [-0.4, -0.2) is 39.0 Å². The highest BCUT2D eigenvalue weighted by Gasteiger charge is 2.50. The van der Waals surface area contributed by atoms with Crippen LogP contribution in [0.3, 0.4) is 0 Å². The van der Waals surface area contributed by atoms with Gasteiger partial charge >= 0.3 is 0 Å². The van der Waals surface area contributed by atoms with Crippen molar-refractivity contribution in [1.82, 2.24) is 9.36 Å². The number of benzene rings is 1. The van der Waals surface area contributed by atoms with Gasteiger partial charge in [0.25, 0.3) is 5.56 Å². The molecule has 7 nitrogen and oxygen atoms in total. The highest BCUT2D eigenvalue weighted by atomic mass is 79.9. The molecule has 0 radical (unpaired) electrons. The molecule has 2 unspecified atom stereocenters. The quantitative estimate of drug-likeness (QED) is 0.650. The average molecular weight is 464 g/mol. The molecule has 0 amide bonds. The summed E-state index contributed by atoms with van der Waals surface area (Å²) in [6.45, 7) is 4.77. The minimum Gasteiger partial charge on any atom is -0.362 e. The molecular formula is C20H19BrFN3O4. The number of ether oxygens (including phenoxy) is 1. The zero-order chi connectivity index (χ0) is 21.2. The van der Waals surface area contributed by atoms with Gasteiger partial charge in [0.2, 0.25) is 5.91 Å². The van der Waals surface area contributed by atoms with Crippen LogP contribution in [0.15, 0.2) is 32.5 Å². The minimum atomic E-state index is -1.05. The molecule has 2 aliphatic rings. The topological polar surface area (TPSA) is 82.7 Å². The first-order valence-corrected chi connectivity index (χ1v) is 9.87. The number of nitrogens with zero attached hydrogens (tertiary/aromatic N) is 3. The fourth-order valence-corrected chi connectivity index (χ4v) is 4.52. The van der Waals surface area contributed by atoms with Crippen molar-refractivity contribution >= 4 is 39.1 Å². The van der Waals surface area contributed by atoms with Gasteiger partial charge in [-0.3, -0.25) is 19.1 Å². The van der Waals surface area contributed by atoms with Gasteiger partial charge in [0.1, 0.15) is 11.4 Å². The fourth-order valence-electron chi connectivity index (χ4n) is 4.13. The first-order valence-electron chi connectivity index (χ1n) is 9.08. The van der Waals surface area contributed by atoms with E-state index in [2.05, 4.69) is 20.9 Å². The van der Waals surface area contributed by atoms with E-state index in [1.54, 1.807) is 33.0 Å². The van der Waals surface area contributed by atoms with Gasteiger partial charge in [-0.2, -0.15) is 4.68 Å². The maximum absolute atomic E-state index is 13.9. The number of aromatic nitrogens is 2. The zero-order valence-corrected chi connectivity index (χ0v) is 17.9. The van der Waals surface area contributed by atoms with E-state index in [4.69, 9.17) is 4.74 Å². The van der Waals surface area contributed by atoms with Crippen LogP contribution in [0.5, 0.6) is 0 Å². The van der Waals surface area contributed by atoms with E-state index in [0.717, 1.165) is 4.68 Å². The maximum Gasteiger partial charge on any atom is 0.280 e. The third-order valence-corrected chi connectivity index (χ3v) is 6.19. The third-order valence-electron chi connectivity index (χ3n) is 5.58. The molecule has 1 saturated heterocycles. The Labute approximate surface area is 174 Å². The minimum absolute atomic E-state index is 0.126. The van der Waals surface area contributed by atoms with Crippen molar-refractivity contribution in [2.24, 2.45) is 18.0 Å². The van der Waals surface area contributed by atoms with Crippen molar-refractivity contribution in [2.75, 3.05) is 6.61 Å². The number of aliphatic imine (C=N–C) groups is 1. The number of hydrogen-bond donors (Lipinski definition) is 0. The number of fused-ring (bicyclic) bond motifs is 2. The summed E-state index contributed by atoms with van der Waals surface area (Å²) in [5, 5.41) is 0. The molecule has 0 aliphatic carbocycles. The van der Waals surface area contributed by atoms with Gasteiger partial charge in [0.15, 0.2) is 11.6 Å². The number of rotatable bonds is 1. The van der Waals surface area contributed by atoms with E-state index in [1.165, 1.54) is 17.7 Å². The summed E-state index contributed by atoms with van der Waals surface area (Å²) >= 11 is 3.18. The molecule has 9 heteroatoms. The van der Waals surface area contributed by atoms with Gasteiger partial charge in [-0.15, -0.1) is 0 Å². The largest absolute Gasteiger partial charge is 0.362 e. The molecule has 0 N–H and O–H groups in total. The molecule has 3 heterocycles. The Morgan fingerprint density at radius 3 is 2.62 bits per heavy atom. The number of carbonyl (C=O) groups excluding carboxylic acids is 2. The average Bonchev–Trinajstić information content (AvgIpc) is 2.90. The zero-order valence-electron chi connectivity index (χ0n) is 16.3. The lowest BCUT2D eigenvalue weighted by Gasteiger charge is -2.40. The Morgan fingerprint density at radius 2 is 2.00 bits per heavy atom. The van der Waals surface area contributed by atoms with Gasteiger partial charge in [-0.25, -0.2) is 9.38 Å². The summed E-state index contributed by atoms with van der Waals surface area (Å²) in [6.07, 6.45) is 0. The summed E-state index contributed by atoms with van der Waals surface area (Å²) in [5.74, 6) is -2.26. The monoisotopic (exact) mass is 463 g/mol. The number of ketones is 1. The molecule has 152 valence electrons. The van der Waals surface area contributed by atoms with Crippen LogP contribution >= 0.6 is 15.9 Å².